The van der Waals surface area contributed by atoms with Crippen molar-refractivity contribution in [3.63, 3.8) is 0 Å². The van der Waals surface area contributed by atoms with Gasteiger partial charge in [0.05, 0.1) is 21.8 Å². The molecule has 2 heterocycles. The van der Waals surface area contributed by atoms with Crippen LogP contribution in [0.3, 0.4) is 0 Å². The Morgan fingerprint density at radius 3 is 1.19 bits per heavy atom. The molecular weight excluding hydrogens is 554 g/mol. The topological polar surface area (TPSA) is 69.8 Å². The Morgan fingerprint density at radius 2 is 0.811 bits per heavy atom. The third kappa shape index (κ3) is 5.34. The molecule has 0 saturated carbocycles. The Kier molecular flexibility index (Phi) is 8.18. The van der Waals surface area contributed by atoms with Crippen LogP contribution in [0.1, 0.15) is 0 Å². The summed E-state index contributed by atoms with van der Waals surface area (Å²) in [5.74, 6) is 0. The van der Waals surface area contributed by atoms with Crippen molar-refractivity contribution in [3.8, 4) is 11.4 Å². The van der Waals surface area contributed by atoms with Gasteiger partial charge in [-0.1, -0.05) is 60.7 Å². The molecule has 0 unspecified atom stereocenters. The Labute approximate surface area is 236 Å². The molecule has 0 fully saturated rings. The number of hydrogen-bond acceptors (Lipinski definition) is 6. The maximum atomic E-state index is 12.4. The second-order valence-corrected chi connectivity index (χ2v) is 8.51. The molecule has 0 aliphatic rings. The summed E-state index contributed by atoms with van der Waals surface area (Å²) in [5.41, 5.74) is 2.50. The van der Waals surface area contributed by atoms with E-state index in [1.165, 1.54) is 9.13 Å². The maximum Gasteiger partial charge on any atom is 2.00 e. The summed E-state index contributed by atoms with van der Waals surface area (Å²) in [6, 6.07) is 33.1. The minimum atomic E-state index is -0.128. The molecule has 6 nitrogen and oxygen atoms in total. The molecule has 0 radical (unpaired) electrons. The number of nitrogens with zero attached hydrogens (tertiary/aromatic N) is 4. The van der Waals surface area contributed by atoms with E-state index in [0.29, 0.717) is 21.8 Å². The fraction of sp³-hybridized carbons (Fsp3) is 0. The number of aromatic nitrogens is 4. The molecule has 0 amide bonds. The van der Waals surface area contributed by atoms with Crippen molar-refractivity contribution in [2.45, 2.75) is 10.3 Å². The molecule has 6 rings (SSSR count). The average Bonchev–Trinajstić information content (AvgIpc) is 2.90. The molecule has 9 heteroatoms. The van der Waals surface area contributed by atoms with Crippen LogP contribution in [0.25, 0.3) is 33.2 Å². The van der Waals surface area contributed by atoms with Gasteiger partial charge in [-0.05, 0) is 58.8 Å². The number of fused-ring (bicyclic) bond motifs is 2. The molecule has 0 bridgehead atoms. The Morgan fingerprint density at radius 1 is 0.486 bits per heavy atom. The zero-order valence-corrected chi connectivity index (χ0v) is 24.1. The predicted molar refractivity (Wildman–Crippen MR) is 146 cm³/mol. The van der Waals surface area contributed by atoms with Crippen molar-refractivity contribution in [2.24, 2.45) is 0 Å². The van der Waals surface area contributed by atoms with E-state index in [9.17, 15) is 9.59 Å². The summed E-state index contributed by atoms with van der Waals surface area (Å²) in [7, 11) is 0. The summed E-state index contributed by atoms with van der Waals surface area (Å²) >= 11 is 10.4. The van der Waals surface area contributed by atoms with Crippen LogP contribution in [0, 0.1) is 0 Å². The van der Waals surface area contributed by atoms with E-state index in [2.05, 4.69) is 9.97 Å². The maximum absolute atomic E-state index is 12.4. The van der Waals surface area contributed by atoms with Crippen LogP contribution in [0.2, 0.25) is 0 Å². The first-order chi connectivity index (χ1) is 17.5. The Hall–Kier alpha value is -3.78. The van der Waals surface area contributed by atoms with E-state index in [-0.39, 0.29) is 40.9 Å². The molecule has 0 aliphatic heterocycles. The number of para-hydroxylation sites is 4. The smallest absolute Gasteiger partial charge is 0.742 e. The molecule has 0 N–H and O–H groups in total. The third-order valence-corrected chi connectivity index (χ3v) is 6.07. The van der Waals surface area contributed by atoms with Gasteiger partial charge in [-0.3, -0.25) is 28.7 Å². The van der Waals surface area contributed by atoms with Gasteiger partial charge in [-0.2, -0.15) is 0 Å². The molecule has 2 aromatic heterocycles. The van der Waals surface area contributed by atoms with Gasteiger partial charge in [-0.25, -0.2) is 0 Å². The molecule has 0 atom stereocenters. The molecule has 0 saturated heterocycles. The van der Waals surface area contributed by atoms with Gasteiger partial charge in [-0.15, -0.1) is 0 Å². The first-order valence-electron chi connectivity index (χ1n) is 11.0. The zero-order chi connectivity index (χ0) is 25.1. The minimum Gasteiger partial charge on any atom is -0.742 e. The fourth-order valence-corrected chi connectivity index (χ4v) is 4.41. The van der Waals surface area contributed by atoms with Crippen molar-refractivity contribution in [1.82, 2.24) is 19.1 Å². The number of hydrogen-bond donors (Lipinski definition) is 0. The largest absolute Gasteiger partial charge is 2.00 e. The van der Waals surface area contributed by atoms with E-state index in [4.69, 9.17) is 25.3 Å². The van der Waals surface area contributed by atoms with Gasteiger partial charge in [0, 0.05) is 11.4 Å². The van der Waals surface area contributed by atoms with E-state index in [0.717, 1.165) is 11.4 Å². The summed E-state index contributed by atoms with van der Waals surface area (Å²) in [6.07, 6.45) is 0. The van der Waals surface area contributed by atoms with Gasteiger partial charge >= 0.3 is 19.5 Å². The van der Waals surface area contributed by atoms with Crippen LogP contribution in [0.5, 0.6) is 0 Å². The van der Waals surface area contributed by atoms with Gasteiger partial charge in [0.2, 0.25) is 0 Å². The summed E-state index contributed by atoms with van der Waals surface area (Å²) in [5, 5.41) is 1.72. The van der Waals surface area contributed by atoms with Crippen LogP contribution in [-0.2, 0) is 44.7 Å². The standard InChI is InChI=1S/2C14H10N2OS.Zn/c2*17-13-11-8-4-5-9-12(11)15-14(18)16(13)10-6-2-1-3-7-10;/h2*1-9H,(H,15,18);/q;;+2/p-2. The Balaban J connectivity index is 0.000000168. The van der Waals surface area contributed by atoms with Crippen molar-refractivity contribution in [3.05, 3.63) is 130 Å². The van der Waals surface area contributed by atoms with Crippen molar-refractivity contribution in [2.75, 3.05) is 0 Å². The van der Waals surface area contributed by atoms with Gasteiger partial charge < -0.3 is 25.3 Å². The zero-order valence-electron chi connectivity index (χ0n) is 19.5. The fourth-order valence-electron chi connectivity index (χ4n) is 3.83. The Bertz CT molecular complexity index is 1670. The van der Waals surface area contributed by atoms with Crippen LogP contribution >= 0.6 is 0 Å². The molecule has 6 aromatic rings. The van der Waals surface area contributed by atoms with Crippen LogP contribution in [0.4, 0.5) is 0 Å². The average molecular weight is 572 g/mol. The third-order valence-electron chi connectivity index (χ3n) is 5.52. The summed E-state index contributed by atoms with van der Waals surface area (Å²) in [4.78, 5) is 33.4. The normalized spacial score (nSPS) is 10.4. The van der Waals surface area contributed by atoms with Crippen molar-refractivity contribution >= 4 is 47.1 Å². The summed E-state index contributed by atoms with van der Waals surface area (Å²) in [6.45, 7) is 0. The minimum absolute atomic E-state index is 0. The quantitative estimate of drug-likeness (QED) is 0.172. The second kappa shape index (κ2) is 11.5. The van der Waals surface area contributed by atoms with Gasteiger partial charge in [0.15, 0.2) is 0 Å². The second-order valence-electron chi connectivity index (χ2n) is 7.78. The molecular formula is C28H18N4O2S2Zn. The first kappa shape index (κ1) is 26.3. The molecule has 176 valence electrons. The van der Waals surface area contributed by atoms with Crippen LogP contribution < -0.4 is 11.1 Å². The van der Waals surface area contributed by atoms with Crippen LogP contribution in [-0.4, -0.2) is 19.1 Å². The molecule has 0 aliphatic carbocycles. The van der Waals surface area contributed by atoms with E-state index in [1.807, 2.05) is 84.9 Å². The number of rotatable bonds is 2. The van der Waals surface area contributed by atoms with Crippen molar-refractivity contribution in [1.29, 1.82) is 0 Å². The molecule has 4 aromatic carbocycles. The first-order valence-corrected chi connectivity index (χ1v) is 11.8. The molecule has 37 heavy (non-hydrogen) atoms. The van der Waals surface area contributed by atoms with Crippen molar-refractivity contribution < 1.29 is 19.5 Å². The SMILES string of the molecule is O=c1c2ccccc2nc([S-])n1-c1ccccc1.O=c1c2ccccc2nc([S-])n1-c1ccccc1.[Zn+2]. The van der Waals surface area contributed by atoms with Gasteiger partial charge in [0.1, 0.15) is 0 Å². The monoisotopic (exact) mass is 570 g/mol. The van der Waals surface area contributed by atoms with Crippen LogP contribution in [0.15, 0.2) is 129 Å². The summed E-state index contributed by atoms with van der Waals surface area (Å²) < 4.78 is 2.91. The molecule has 0 spiro atoms. The van der Waals surface area contributed by atoms with Gasteiger partial charge in [0.25, 0.3) is 11.1 Å². The van der Waals surface area contributed by atoms with E-state index < -0.39 is 0 Å². The van der Waals surface area contributed by atoms with E-state index >= 15 is 0 Å². The van der Waals surface area contributed by atoms with E-state index in [1.54, 1.807) is 24.3 Å². The predicted octanol–water partition coefficient (Wildman–Crippen LogP) is 4.58. The number of benzene rings is 4.